The van der Waals surface area contributed by atoms with Crippen LogP contribution >= 0.6 is 0 Å². The third-order valence-electron chi connectivity index (χ3n) is 5.15. The molecule has 1 aromatic carbocycles. The predicted molar refractivity (Wildman–Crippen MR) is 156 cm³/mol. The van der Waals surface area contributed by atoms with Gasteiger partial charge in [0, 0.05) is 19.5 Å². The second-order valence-corrected chi connectivity index (χ2v) is 13.0. The van der Waals surface area contributed by atoms with Gasteiger partial charge in [-0.3, -0.25) is 29.0 Å². The van der Waals surface area contributed by atoms with Crippen LogP contribution in [-0.2, 0) is 44.7 Å². The maximum Gasteiger partial charge on any atom is 0.320 e. The number of hydrogen-bond donors (Lipinski definition) is 0. The number of ether oxygens (including phenoxy) is 4. The van der Waals surface area contributed by atoms with Gasteiger partial charge in [0.05, 0.1) is 19.6 Å². The van der Waals surface area contributed by atoms with Crippen molar-refractivity contribution in [3.63, 3.8) is 0 Å². The molecular weight excluding hydrogens is 528 g/mol. The van der Waals surface area contributed by atoms with Gasteiger partial charge in [0.15, 0.2) is 0 Å². The van der Waals surface area contributed by atoms with Gasteiger partial charge in [-0.2, -0.15) is 0 Å². The highest BCUT2D eigenvalue weighted by Gasteiger charge is 2.25. The molecule has 0 spiro atoms. The molecule has 232 valence electrons. The summed E-state index contributed by atoms with van der Waals surface area (Å²) < 4.78 is 21.8. The van der Waals surface area contributed by atoms with Gasteiger partial charge in [-0.25, -0.2) is 0 Å². The summed E-state index contributed by atoms with van der Waals surface area (Å²) in [6, 6.07) is 9.43. The van der Waals surface area contributed by atoms with Crippen LogP contribution in [0.25, 0.3) is 0 Å². The number of rotatable bonds is 15. The number of hydrogen-bond acceptors (Lipinski definition) is 10. The summed E-state index contributed by atoms with van der Waals surface area (Å²) in [6.45, 7) is 17.0. The molecule has 0 aromatic heterocycles. The first kappa shape index (κ1) is 36.0. The fourth-order valence-electron chi connectivity index (χ4n) is 3.69. The Bertz CT molecular complexity index is 945. The van der Waals surface area contributed by atoms with Gasteiger partial charge in [0.25, 0.3) is 0 Å². The number of benzene rings is 1. The Hall–Kier alpha value is -2.98. The molecule has 10 nitrogen and oxygen atoms in total. The van der Waals surface area contributed by atoms with Gasteiger partial charge in [-0.1, -0.05) is 30.3 Å². The second-order valence-electron chi connectivity index (χ2n) is 13.0. The minimum atomic E-state index is -0.674. The smallest absolute Gasteiger partial charge is 0.320 e. The fraction of sp³-hybridized carbons (Fsp3) is 0.677. The Morgan fingerprint density at radius 3 is 1.44 bits per heavy atom. The standard InChI is InChI=1S/C31H50N2O8/c1-29(2,3)39-26(35)20-32(17-13-16-25(34)38-23-24-14-11-10-12-15-24)18-19-33(21-27(36)40-30(4,5)6)22-28(37)41-31(7,8)9/h10-12,14-15H,13,16-23H2,1-9H3. The van der Waals surface area contributed by atoms with Gasteiger partial charge < -0.3 is 18.9 Å². The van der Waals surface area contributed by atoms with E-state index in [-0.39, 0.29) is 45.2 Å². The lowest BCUT2D eigenvalue weighted by Crippen LogP contribution is -2.45. The molecule has 0 saturated heterocycles. The predicted octanol–water partition coefficient (Wildman–Crippen LogP) is 4.14. The summed E-state index contributed by atoms with van der Waals surface area (Å²) in [4.78, 5) is 53.5. The SMILES string of the molecule is CC(C)(C)OC(=O)CN(CCCC(=O)OCc1ccccc1)CCN(CC(=O)OC(C)(C)C)CC(=O)OC(C)(C)C. The van der Waals surface area contributed by atoms with Crippen LogP contribution < -0.4 is 0 Å². The molecule has 0 heterocycles. The number of carbonyl (C=O) groups excluding carboxylic acids is 4. The Labute approximate surface area is 245 Å². The van der Waals surface area contributed by atoms with Crippen LogP contribution in [0.5, 0.6) is 0 Å². The van der Waals surface area contributed by atoms with Crippen molar-refractivity contribution in [3.05, 3.63) is 35.9 Å². The maximum atomic E-state index is 12.6. The van der Waals surface area contributed by atoms with E-state index in [9.17, 15) is 19.2 Å². The highest BCUT2D eigenvalue weighted by molar-refractivity contribution is 5.75. The average molecular weight is 579 g/mol. The van der Waals surface area contributed by atoms with Crippen molar-refractivity contribution in [2.24, 2.45) is 0 Å². The van der Waals surface area contributed by atoms with E-state index in [1.54, 1.807) is 67.2 Å². The molecule has 0 saturated carbocycles. The molecular formula is C31H50N2O8. The molecule has 10 heteroatoms. The highest BCUT2D eigenvalue weighted by Crippen LogP contribution is 2.12. The Morgan fingerprint density at radius 2 is 1.00 bits per heavy atom. The summed E-state index contributed by atoms with van der Waals surface area (Å²) in [5, 5.41) is 0. The molecule has 0 radical (unpaired) electrons. The minimum Gasteiger partial charge on any atom is -0.461 e. The maximum absolute atomic E-state index is 12.6. The number of esters is 4. The first-order chi connectivity index (χ1) is 18.8. The van der Waals surface area contributed by atoms with E-state index in [1.165, 1.54) is 0 Å². The van der Waals surface area contributed by atoms with E-state index >= 15 is 0 Å². The van der Waals surface area contributed by atoms with Gasteiger partial charge in [0.1, 0.15) is 23.4 Å². The molecule has 0 atom stereocenters. The normalized spacial score (nSPS) is 12.3. The monoisotopic (exact) mass is 578 g/mol. The van der Waals surface area contributed by atoms with Crippen LogP contribution in [0, 0.1) is 0 Å². The lowest BCUT2D eigenvalue weighted by molar-refractivity contribution is -0.161. The number of nitrogens with zero attached hydrogens (tertiary/aromatic N) is 2. The zero-order valence-electron chi connectivity index (χ0n) is 26.4. The molecule has 0 fully saturated rings. The molecule has 1 aromatic rings. The lowest BCUT2D eigenvalue weighted by Gasteiger charge is -2.29. The van der Waals surface area contributed by atoms with Crippen molar-refractivity contribution < 1.29 is 38.1 Å². The van der Waals surface area contributed by atoms with E-state index in [2.05, 4.69) is 0 Å². The Balaban J connectivity index is 2.85. The van der Waals surface area contributed by atoms with Gasteiger partial charge in [0.2, 0.25) is 0 Å². The van der Waals surface area contributed by atoms with Crippen molar-refractivity contribution >= 4 is 23.9 Å². The quantitative estimate of drug-likeness (QED) is 0.222. The summed E-state index contributed by atoms with van der Waals surface area (Å²) in [7, 11) is 0. The molecule has 1 rings (SSSR count). The first-order valence-electron chi connectivity index (χ1n) is 14.1. The van der Waals surface area contributed by atoms with Crippen LogP contribution in [0.1, 0.15) is 80.7 Å². The van der Waals surface area contributed by atoms with Crippen molar-refractivity contribution in [1.82, 2.24) is 9.80 Å². The van der Waals surface area contributed by atoms with E-state index < -0.39 is 34.7 Å². The van der Waals surface area contributed by atoms with E-state index in [1.807, 2.05) is 35.2 Å². The van der Waals surface area contributed by atoms with Gasteiger partial charge >= 0.3 is 23.9 Å². The zero-order chi connectivity index (χ0) is 31.3. The fourth-order valence-corrected chi connectivity index (χ4v) is 3.69. The molecule has 0 aliphatic heterocycles. The summed E-state index contributed by atoms with van der Waals surface area (Å²) in [6.07, 6.45) is 0.631. The molecule has 0 bridgehead atoms. The van der Waals surface area contributed by atoms with Gasteiger partial charge in [-0.05, 0) is 80.8 Å². The van der Waals surface area contributed by atoms with Crippen LogP contribution in [0.2, 0.25) is 0 Å². The third-order valence-corrected chi connectivity index (χ3v) is 5.15. The van der Waals surface area contributed by atoms with E-state index in [0.717, 1.165) is 5.56 Å². The number of carbonyl (C=O) groups is 4. The van der Waals surface area contributed by atoms with Crippen molar-refractivity contribution in [2.75, 3.05) is 39.3 Å². The average Bonchev–Trinajstić information content (AvgIpc) is 2.77. The molecule has 0 unspecified atom stereocenters. The van der Waals surface area contributed by atoms with Crippen molar-refractivity contribution in [1.29, 1.82) is 0 Å². The summed E-state index contributed by atoms with van der Waals surface area (Å²) in [5.74, 6) is -1.68. The van der Waals surface area contributed by atoms with E-state index in [0.29, 0.717) is 19.5 Å². The first-order valence-corrected chi connectivity index (χ1v) is 14.1. The van der Waals surface area contributed by atoms with Gasteiger partial charge in [-0.15, -0.1) is 0 Å². The highest BCUT2D eigenvalue weighted by atomic mass is 16.6. The molecule has 0 aliphatic carbocycles. The summed E-state index contributed by atoms with van der Waals surface area (Å²) >= 11 is 0. The molecule has 0 N–H and O–H groups in total. The van der Waals surface area contributed by atoms with Crippen LogP contribution in [-0.4, -0.2) is 89.7 Å². The Kier molecular flexibility index (Phi) is 14.5. The van der Waals surface area contributed by atoms with E-state index in [4.69, 9.17) is 18.9 Å². The molecule has 0 aliphatic rings. The topological polar surface area (TPSA) is 112 Å². The summed E-state index contributed by atoms with van der Waals surface area (Å²) in [5.41, 5.74) is -1.09. The van der Waals surface area contributed by atoms with Crippen LogP contribution in [0.4, 0.5) is 0 Å². The zero-order valence-corrected chi connectivity index (χ0v) is 26.4. The minimum absolute atomic E-state index is 0.0109. The molecule has 41 heavy (non-hydrogen) atoms. The lowest BCUT2D eigenvalue weighted by atomic mass is 10.2. The Morgan fingerprint density at radius 1 is 0.585 bits per heavy atom. The van der Waals surface area contributed by atoms with Crippen LogP contribution in [0.3, 0.4) is 0 Å². The van der Waals surface area contributed by atoms with Crippen molar-refractivity contribution in [2.45, 2.75) is 98.6 Å². The largest absolute Gasteiger partial charge is 0.461 e. The molecule has 0 amide bonds. The third kappa shape index (κ3) is 19.7. The second kappa shape index (κ2) is 16.5. The van der Waals surface area contributed by atoms with Crippen LogP contribution in [0.15, 0.2) is 30.3 Å². The van der Waals surface area contributed by atoms with Crippen molar-refractivity contribution in [3.8, 4) is 0 Å².